The average Bonchev–Trinajstić information content (AvgIpc) is 2.95. The van der Waals surface area contributed by atoms with Crippen molar-refractivity contribution in [2.24, 2.45) is 0 Å². The fourth-order valence-electron chi connectivity index (χ4n) is 2.23. The molecule has 1 aliphatic carbocycles. The quantitative estimate of drug-likeness (QED) is 0.460. The molecule has 0 radical (unpaired) electrons. The van der Waals surface area contributed by atoms with Crippen molar-refractivity contribution in [1.29, 1.82) is 0 Å². The SMILES string of the molecule is O=[N+]([O-])c1ccc(F)cc1OC1CCC2OC12. The van der Waals surface area contributed by atoms with Gasteiger partial charge >= 0.3 is 5.69 Å². The van der Waals surface area contributed by atoms with Crippen molar-refractivity contribution in [3.05, 3.63) is 34.1 Å². The maximum Gasteiger partial charge on any atom is 0.311 e. The van der Waals surface area contributed by atoms with Gasteiger partial charge in [-0.15, -0.1) is 0 Å². The summed E-state index contributed by atoms with van der Waals surface area (Å²) in [7, 11) is 0. The van der Waals surface area contributed by atoms with E-state index in [-0.39, 0.29) is 29.7 Å². The van der Waals surface area contributed by atoms with Crippen LogP contribution in [-0.2, 0) is 4.74 Å². The molecule has 3 unspecified atom stereocenters. The highest BCUT2D eigenvalue weighted by Gasteiger charge is 2.52. The van der Waals surface area contributed by atoms with E-state index in [1.807, 2.05) is 0 Å². The molecule has 2 fully saturated rings. The average molecular weight is 239 g/mol. The number of ether oxygens (including phenoxy) is 2. The molecule has 1 aliphatic heterocycles. The number of nitro benzene ring substituents is 1. The number of hydrogen-bond donors (Lipinski definition) is 0. The highest BCUT2D eigenvalue weighted by molar-refractivity contribution is 5.46. The fraction of sp³-hybridized carbons (Fsp3) is 0.455. The van der Waals surface area contributed by atoms with Crippen LogP contribution >= 0.6 is 0 Å². The van der Waals surface area contributed by atoms with Gasteiger partial charge in [0.05, 0.1) is 11.0 Å². The third-order valence-corrected chi connectivity index (χ3v) is 3.12. The maximum absolute atomic E-state index is 13.1. The Bertz CT molecular complexity index is 479. The predicted octanol–water partition coefficient (Wildman–Crippen LogP) is 2.04. The zero-order chi connectivity index (χ0) is 12.0. The molecule has 90 valence electrons. The van der Waals surface area contributed by atoms with E-state index in [1.165, 1.54) is 0 Å². The Balaban J connectivity index is 1.85. The van der Waals surface area contributed by atoms with E-state index < -0.39 is 10.7 Å². The van der Waals surface area contributed by atoms with Crippen molar-refractivity contribution < 1.29 is 18.8 Å². The second-order valence-electron chi connectivity index (χ2n) is 4.24. The largest absolute Gasteiger partial charge is 0.481 e. The Kier molecular flexibility index (Phi) is 2.25. The number of nitro groups is 1. The van der Waals surface area contributed by atoms with Crippen LogP contribution in [-0.4, -0.2) is 23.2 Å². The summed E-state index contributed by atoms with van der Waals surface area (Å²) in [5.74, 6) is -0.562. The summed E-state index contributed by atoms with van der Waals surface area (Å²) in [4.78, 5) is 10.2. The highest BCUT2D eigenvalue weighted by Crippen LogP contribution is 2.42. The van der Waals surface area contributed by atoms with Crippen LogP contribution in [0.5, 0.6) is 5.75 Å². The number of rotatable bonds is 3. The normalized spacial score (nSPS) is 29.8. The summed E-state index contributed by atoms with van der Waals surface area (Å²) in [5.41, 5.74) is -0.212. The molecule has 0 aromatic heterocycles. The van der Waals surface area contributed by atoms with Crippen LogP contribution in [0.15, 0.2) is 18.2 Å². The number of nitrogens with zero attached hydrogens (tertiary/aromatic N) is 1. The number of epoxide rings is 1. The molecule has 2 aliphatic rings. The van der Waals surface area contributed by atoms with Crippen LogP contribution in [0.4, 0.5) is 10.1 Å². The summed E-state index contributed by atoms with van der Waals surface area (Å²) >= 11 is 0. The zero-order valence-electron chi connectivity index (χ0n) is 8.84. The van der Waals surface area contributed by atoms with Gasteiger partial charge in [0, 0.05) is 12.1 Å². The van der Waals surface area contributed by atoms with Gasteiger partial charge in [0.15, 0.2) is 5.75 Å². The summed E-state index contributed by atoms with van der Waals surface area (Å²) < 4.78 is 23.8. The number of fused-ring (bicyclic) bond motifs is 1. The smallest absolute Gasteiger partial charge is 0.311 e. The molecular weight excluding hydrogens is 229 g/mol. The van der Waals surface area contributed by atoms with E-state index in [0.29, 0.717) is 0 Å². The van der Waals surface area contributed by atoms with Gasteiger partial charge in [-0.2, -0.15) is 0 Å². The Morgan fingerprint density at radius 3 is 2.88 bits per heavy atom. The summed E-state index contributed by atoms with van der Waals surface area (Å²) in [6, 6.07) is 3.22. The van der Waals surface area contributed by atoms with Gasteiger partial charge in [0.25, 0.3) is 0 Å². The summed E-state index contributed by atoms with van der Waals surface area (Å²) in [5, 5.41) is 10.8. The fourth-order valence-corrected chi connectivity index (χ4v) is 2.23. The van der Waals surface area contributed by atoms with Crippen molar-refractivity contribution >= 4 is 5.69 Å². The molecule has 1 aromatic carbocycles. The van der Waals surface area contributed by atoms with Gasteiger partial charge in [0.2, 0.25) is 0 Å². The van der Waals surface area contributed by atoms with Crippen molar-refractivity contribution in [3.63, 3.8) is 0 Å². The van der Waals surface area contributed by atoms with E-state index in [1.54, 1.807) is 0 Å². The zero-order valence-corrected chi connectivity index (χ0v) is 8.84. The minimum atomic E-state index is -0.574. The standard InChI is InChI=1S/C11H10FNO4/c12-6-1-2-7(13(14)15)10(5-6)16-8-3-4-9-11(8)17-9/h1-2,5,8-9,11H,3-4H2. The molecule has 0 N–H and O–H groups in total. The minimum absolute atomic E-state index is 0.0175. The summed E-state index contributed by atoms with van der Waals surface area (Å²) in [6.45, 7) is 0. The molecule has 0 amide bonds. The molecule has 1 saturated heterocycles. The first-order valence-corrected chi connectivity index (χ1v) is 5.41. The number of benzene rings is 1. The van der Waals surface area contributed by atoms with Gasteiger partial charge in [-0.25, -0.2) is 4.39 Å². The van der Waals surface area contributed by atoms with E-state index in [2.05, 4.69) is 0 Å². The predicted molar refractivity (Wildman–Crippen MR) is 55.4 cm³/mol. The lowest BCUT2D eigenvalue weighted by Crippen LogP contribution is -2.20. The summed E-state index contributed by atoms with van der Waals surface area (Å²) in [6.07, 6.45) is 1.76. The lowest BCUT2D eigenvalue weighted by Gasteiger charge is -2.13. The highest BCUT2D eigenvalue weighted by atomic mass is 19.1. The van der Waals surface area contributed by atoms with Gasteiger partial charge in [-0.05, 0) is 18.9 Å². The molecule has 3 atom stereocenters. The monoisotopic (exact) mass is 239 g/mol. The first kappa shape index (κ1) is 10.5. The molecule has 17 heavy (non-hydrogen) atoms. The molecule has 0 bridgehead atoms. The molecule has 6 heteroatoms. The Morgan fingerprint density at radius 2 is 2.29 bits per heavy atom. The molecule has 1 heterocycles. The first-order chi connectivity index (χ1) is 8.15. The van der Waals surface area contributed by atoms with Crippen LogP contribution < -0.4 is 4.74 Å². The van der Waals surface area contributed by atoms with E-state index in [4.69, 9.17) is 9.47 Å². The molecular formula is C11H10FNO4. The van der Waals surface area contributed by atoms with Gasteiger partial charge < -0.3 is 9.47 Å². The van der Waals surface area contributed by atoms with Crippen LogP contribution in [0.3, 0.4) is 0 Å². The topological polar surface area (TPSA) is 64.9 Å². The number of halogens is 1. The van der Waals surface area contributed by atoms with Gasteiger partial charge in [-0.3, -0.25) is 10.1 Å². The lowest BCUT2D eigenvalue weighted by molar-refractivity contribution is -0.386. The second-order valence-corrected chi connectivity index (χ2v) is 4.24. The third-order valence-electron chi connectivity index (χ3n) is 3.12. The first-order valence-electron chi connectivity index (χ1n) is 5.41. The van der Waals surface area contributed by atoms with E-state index in [9.17, 15) is 14.5 Å². The maximum atomic E-state index is 13.1. The Morgan fingerprint density at radius 1 is 1.47 bits per heavy atom. The van der Waals surface area contributed by atoms with Gasteiger partial charge in [0.1, 0.15) is 18.0 Å². The van der Waals surface area contributed by atoms with E-state index in [0.717, 1.165) is 31.0 Å². The van der Waals surface area contributed by atoms with E-state index >= 15 is 0 Å². The lowest BCUT2D eigenvalue weighted by atomic mass is 10.2. The van der Waals surface area contributed by atoms with Crippen LogP contribution in [0.25, 0.3) is 0 Å². The molecule has 1 saturated carbocycles. The van der Waals surface area contributed by atoms with Crippen molar-refractivity contribution in [2.45, 2.75) is 31.2 Å². The second kappa shape index (κ2) is 3.66. The molecule has 3 rings (SSSR count). The van der Waals surface area contributed by atoms with Crippen molar-refractivity contribution in [3.8, 4) is 5.75 Å². The third kappa shape index (κ3) is 1.84. The Hall–Kier alpha value is -1.69. The van der Waals surface area contributed by atoms with Crippen molar-refractivity contribution in [1.82, 2.24) is 0 Å². The van der Waals surface area contributed by atoms with Crippen LogP contribution in [0, 0.1) is 15.9 Å². The Labute approximate surface area is 96.3 Å². The molecule has 1 aromatic rings. The van der Waals surface area contributed by atoms with Crippen LogP contribution in [0.1, 0.15) is 12.8 Å². The van der Waals surface area contributed by atoms with Crippen LogP contribution in [0.2, 0.25) is 0 Å². The van der Waals surface area contributed by atoms with Gasteiger partial charge in [-0.1, -0.05) is 0 Å². The minimum Gasteiger partial charge on any atom is -0.481 e. The number of hydrogen-bond acceptors (Lipinski definition) is 4. The molecule has 0 spiro atoms. The molecule has 5 nitrogen and oxygen atoms in total. The van der Waals surface area contributed by atoms with Crippen molar-refractivity contribution in [2.75, 3.05) is 0 Å².